The van der Waals surface area contributed by atoms with Crippen LogP contribution in [-0.2, 0) is 6.54 Å². The quantitative estimate of drug-likeness (QED) is 0.676. The summed E-state index contributed by atoms with van der Waals surface area (Å²) in [4.78, 5) is 11.1. The highest BCUT2D eigenvalue weighted by Gasteiger charge is 2.18. The zero-order valence-corrected chi connectivity index (χ0v) is 7.49. The Bertz CT molecular complexity index is 343. The van der Waals surface area contributed by atoms with Crippen LogP contribution in [0.1, 0.15) is 19.3 Å². The van der Waals surface area contributed by atoms with Crippen LogP contribution in [0.3, 0.4) is 0 Å². The molecule has 12 heavy (non-hydrogen) atoms. The highest BCUT2D eigenvalue weighted by Crippen LogP contribution is 2.27. The molecule has 0 amide bonds. The largest absolute Gasteiger partial charge is 0.342 e. The fourth-order valence-corrected chi connectivity index (χ4v) is 1.64. The van der Waals surface area contributed by atoms with Crippen LogP contribution in [0.15, 0.2) is 4.79 Å². The third kappa shape index (κ3) is 1.24. The zero-order valence-electron chi connectivity index (χ0n) is 6.67. The van der Waals surface area contributed by atoms with Gasteiger partial charge in [0.05, 0.1) is 0 Å². The molecular weight excluding hydrogens is 174 g/mol. The molecule has 1 aliphatic rings. The molecule has 0 radical (unpaired) electrons. The molecule has 1 aromatic heterocycles. The molecule has 1 aliphatic carbocycles. The first-order chi connectivity index (χ1) is 5.77. The van der Waals surface area contributed by atoms with Gasteiger partial charge in [-0.15, -0.1) is 0 Å². The summed E-state index contributed by atoms with van der Waals surface area (Å²) in [5.41, 5.74) is -0.119. The van der Waals surface area contributed by atoms with Crippen molar-refractivity contribution in [1.29, 1.82) is 0 Å². The highest BCUT2D eigenvalue weighted by atomic mass is 32.1. The molecule has 66 valence electrons. The first-order valence-corrected chi connectivity index (χ1v) is 4.55. The zero-order chi connectivity index (χ0) is 8.55. The van der Waals surface area contributed by atoms with E-state index in [0.29, 0.717) is 10.7 Å². The first-order valence-electron chi connectivity index (χ1n) is 4.15. The Labute approximate surface area is 74.6 Å². The van der Waals surface area contributed by atoms with Crippen LogP contribution < -0.4 is 5.69 Å². The van der Waals surface area contributed by atoms with Gasteiger partial charge < -0.3 is 0 Å². The van der Waals surface area contributed by atoms with Gasteiger partial charge in [-0.05, 0) is 31.0 Å². The van der Waals surface area contributed by atoms with Gasteiger partial charge in [-0.25, -0.2) is 9.89 Å². The SMILES string of the molecule is O=c1[nH][nH]c(=S)n1CC1CCC1. The van der Waals surface area contributed by atoms with Gasteiger partial charge in [0.15, 0.2) is 4.77 Å². The highest BCUT2D eigenvalue weighted by molar-refractivity contribution is 7.71. The fraction of sp³-hybridized carbons (Fsp3) is 0.714. The van der Waals surface area contributed by atoms with Gasteiger partial charge in [0.1, 0.15) is 0 Å². The lowest BCUT2D eigenvalue weighted by atomic mass is 9.85. The third-order valence-corrected chi connectivity index (χ3v) is 2.75. The normalized spacial score (nSPS) is 17.7. The van der Waals surface area contributed by atoms with E-state index in [-0.39, 0.29) is 5.69 Å². The number of H-pyrrole nitrogens is 2. The summed E-state index contributed by atoms with van der Waals surface area (Å²) >= 11 is 4.94. The van der Waals surface area contributed by atoms with Crippen molar-refractivity contribution in [3.05, 3.63) is 15.3 Å². The van der Waals surface area contributed by atoms with Crippen molar-refractivity contribution in [3.63, 3.8) is 0 Å². The summed E-state index contributed by atoms with van der Waals surface area (Å²) in [5.74, 6) is 0.661. The molecule has 2 rings (SSSR count). The Morgan fingerprint density at radius 3 is 2.67 bits per heavy atom. The van der Waals surface area contributed by atoms with E-state index in [4.69, 9.17) is 12.2 Å². The van der Waals surface area contributed by atoms with Gasteiger partial charge in [0.2, 0.25) is 0 Å². The second-order valence-electron chi connectivity index (χ2n) is 3.27. The first kappa shape index (κ1) is 7.79. The molecule has 1 heterocycles. The molecule has 0 spiro atoms. The number of nitrogens with zero attached hydrogens (tertiary/aromatic N) is 1. The fourth-order valence-electron chi connectivity index (χ4n) is 1.43. The predicted octanol–water partition coefficient (Wildman–Crippen LogP) is 1.03. The van der Waals surface area contributed by atoms with Gasteiger partial charge in [0, 0.05) is 6.54 Å². The summed E-state index contributed by atoms with van der Waals surface area (Å²) in [5, 5.41) is 5.10. The van der Waals surface area contributed by atoms with Crippen LogP contribution in [0, 0.1) is 10.7 Å². The Morgan fingerprint density at radius 2 is 2.25 bits per heavy atom. The van der Waals surface area contributed by atoms with E-state index in [1.54, 1.807) is 4.57 Å². The van der Waals surface area contributed by atoms with Crippen LogP contribution in [0.2, 0.25) is 0 Å². The molecule has 0 aromatic carbocycles. The molecule has 4 nitrogen and oxygen atoms in total. The van der Waals surface area contributed by atoms with Gasteiger partial charge >= 0.3 is 5.69 Å². The molecule has 1 saturated carbocycles. The van der Waals surface area contributed by atoms with Crippen LogP contribution in [0.5, 0.6) is 0 Å². The summed E-state index contributed by atoms with van der Waals surface area (Å²) in [6.45, 7) is 0.775. The minimum atomic E-state index is -0.119. The van der Waals surface area contributed by atoms with Crippen molar-refractivity contribution in [3.8, 4) is 0 Å². The standard InChI is InChI=1S/C7H11N3OS/c11-6-8-9-7(12)10(6)4-5-2-1-3-5/h5H,1-4H2,(H,8,11)(H,9,12). The van der Waals surface area contributed by atoms with Crippen LogP contribution >= 0.6 is 12.2 Å². The number of aromatic amines is 2. The number of aromatic nitrogens is 3. The van der Waals surface area contributed by atoms with Gasteiger partial charge in [-0.1, -0.05) is 6.42 Å². The number of rotatable bonds is 2. The lowest BCUT2D eigenvalue weighted by Gasteiger charge is -2.24. The summed E-state index contributed by atoms with van der Waals surface area (Å²) in [7, 11) is 0. The van der Waals surface area contributed by atoms with Gasteiger partial charge in [-0.3, -0.25) is 9.67 Å². The maximum Gasteiger partial charge on any atom is 0.342 e. The molecule has 0 saturated heterocycles. The Balaban J connectivity index is 2.21. The second kappa shape index (κ2) is 2.90. The molecule has 5 heteroatoms. The van der Waals surface area contributed by atoms with Gasteiger partial charge in [0.25, 0.3) is 0 Å². The average molecular weight is 185 g/mol. The van der Waals surface area contributed by atoms with E-state index >= 15 is 0 Å². The summed E-state index contributed by atoms with van der Waals surface area (Å²) in [6.07, 6.45) is 3.75. The van der Waals surface area contributed by atoms with E-state index in [2.05, 4.69) is 10.2 Å². The number of hydrogen-bond acceptors (Lipinski definition) is 2. The molecule has 0 atom stereocenters. The Hall–Kier alpha value is -0.840. The summed E-state index contributed by atoms with van der Waals surface area (Å²) < 4.78 is 2.10. The molecule has 0 bridgehead atoms. The molecule has 1 aromatic rings. The molecule has 0 aliphatic heterocycles. The lowest BCUT2D eigenvalue weighted by Crippen LogP contribution is -2.25. The average Bonchev–Trinajstić information content (AvgIpc) is 2.25. The molecular formula is C7H11N3OS. The maximum absolute atomic E-state index is 11.1. The number of hydrogen-bond donors (Lipinski definition) is 2. The van der Waals surface area contributed by atoms with Crippen molar-refractivity contribution in [1.82, 2.24) is 14.8 Å². The topological polar surface area (TPSA) is 53.6 Å². The van der Waals surface area contributed by atoms with Crippen molar-refractivity contribution in [2.24, 2.45) is 5.92 Å². The minimum absolute atomic E-state index is 0.119. The molecule has 0 unspecified atom stereocenters. The van der Waals surface area contributed by atoms with E-state index in [1.807, 2.05) is 0 Å². The Morgan fingerprint density at radius 1 is 1.50 bits per heavy atom. The van der Waals surface area contributed by atoms with Crippen molar-refractivity contribution < 1.29 is 0 Å². The van der Waals surface area contributed by atoms with Crippen molar-refractivity contribution >= 4 is 12.2 Å². The van der Waals surface area contributed by atoms with Gasteiger partial charge in [-0.2, -0.15) is 0 Å². The minimum Gasteiger partial charge on any atom is -0.272 e. The van der Waals surface area contributed by atoms with E-state index in [1.165, 1.54) is 19.3 Å². The van der Waals surface area contributed by atoms with Crippen LogP contribution in [0.4, 0.5) is 0 Å². The third-order valence-electron chi connectivity index (χ3n) is 2.43. The maximum atomic E-state index is 11.1. The lowest BCUT2D eigenvalue weighted by molar-refractivity contribution is 0.273. The monoisotopic (exact) mass is 185 g/mol. The predicted molar refractivity (Wildman–Crippen MR) is 47.6 cm³/mol. The van der Waals surface area contributed by atoms with Crippen molar-refractivity contribution in [2.45, 2.75) is 25.8 Å². The number of nitrogens with one attached hydrogen (secondary N) is 2. The van der Waals surface area contributed by atoms with Crippen molar-refractivity contribution in [2.75, 3.05) is 0 Å². The van der Waals surface area contributed by atoms with E-state index in [9.17, 15) is 4.79 Å². The van der Waals surface area contributed by atoms with E-state index < -0.39 is 0 Å². The molecule has 1 fully saturated rings. The Kier molecular flexibility index (Phi) is 1.88. The van der Waals surface area contributed by atoms with Crippen LogP contribution in [0.25, 0.3) is 0 Å². The van der Waals surface area contributed by atoms with E-state index in [0.717, 1.165) is 6.54 Å². The summed E-state index contributed by atoms with van der Waals surface area (Å²) in [6, 6.07) is 0. The smallest absolute Gasteiger partial charge is 0.272 e. The second-order valence-corrected chi connectivity index (χ2v) is 3.65. The van der Waals surface area contributed by atoms with Crippen LogP contribution in [-0.4, -0.2) is 14.8 Å². The molecule has 2 N–H and O–H groups in total.